The molecule has 0 aliphatic heterocycles. The van der Waals surface area contributed by atoms with Gasteiger partial charge in [0.15, 0.2) is 0 Å². The molecule has 154 valence electrons. The van der Waals surface area contributed by atoms with Crippen LogP contribution in [-0.2, 0) is 0 Å². The third-order valence-electron chi connectivity index (χ3n) is 5.20. The molecule has 1 heterocycles. The molecule has 0 fully saturated rings. The van der Waals surface area contributed by atoms with Crippen LogP contribution in [0.1, 0.15) is 10.4 Å². The topological polar surface area (TPSA) is 95.1 Å². The lowest BCUT2D eigenvalue weighted by atomic mass is 10.0. The number of fused-ring (bicyclic) bond motifs is 1. The zero-order valence-electron chi connectivity index (χ0n) is 17.2. The van der Waals surface area contributed by atoms with E-state index in [9.17, 15) is 4.79 Å². The number of aromatic nitrogens is 2. The zero-order valence-corrected chi connectivity index (χ0v) is 17.2. The van der Waals surface area contributed by atoms with E-state index in [1.165, 1.54) is 4.57 Å². The molecule has 0 spiro atoms. The number of carbonyl (C=O) groups is 1. The fourth-order valence-corrected chi connectivity index (χ4v) is 3.53. The van der Waals surface area contributed by atoms with E-state index in [4.69, 9.17) is 15.6 Å². The Bertz CT molecular complexity index is 1340. The van der Waals surface area contributed by atoms with Crippen molar-refractivity contribution in [3.8, 4) is 16.9 Å². The van der Waals surface area contributed by atoms with E-state index < -0.39 is 0 Å². The van der Waals surface area contributed by atoms with E-state index in [-0.39, 0.29) is 5.62 Å². The van der Waals surface area contributed by atoms with Crippen molar-refractivity contribution < 1.29 is 9.53 Å². The van der Waals surface area contributed by atoms with Gasteiger partial charge in [-0.3, -0.25) is 20.2 Å². The van der Waals surface area contributed by atoms with E-state index in [0.29, 0.717) is 16.9 Å². The van der Waals surface area contributed by atoms with Crippen molar-refractivity contribution in [2.24, 2.45) is 0 Å². The smallest absolute Gasteiger partial charge is 0.229 e. The SMILES string of the molecule is COc1ccc(-c2cccc(N(C)c3nc(=N)n(C=N)c4cc(C=O)ccc34)c2)cc1. The molecule has 1 aromatic heterocycles. The van der Waals surface area contributed by atoms with Crippen molar-refractivity contribution in [3.63, 3.8) is 0 Å². The van der Waals surface area contributed by atoms with Crippen LogP contribution in [0.25, 0.3) is 22.0 Å². The average molecular weight is 411 g/mol. The molecule has 0 unspecified atom stereocenters. The summed E-state index contributed by atoms with van der Waals surface area (Å²) >= 11 is 0. The number of nitrogens with zero attached hydrogens (tertiary/aromatic N) is 3. The first-order valence-electron chi connectivity index (χ1n) is 9.60. The van der Waals surface area contributed by atoms with Crippen LogP contribution in [0.15, 0.2) is 66.7 Å². The molecule has 3 aromatic carbocycles. The van der Waals surface area contributed by atoms with Gasteiger partial charge in [0.25, 0.3) is 0 Å². The fourth-order valence-electron chi connectivity index (χ4n) is 3.53. The highest BCUT2D eigenvalue weighted by atomic mass is 16.5. The van der Waals surface area contributed by atoms with Crippen LogP contribution in [0.2, 0.25) is 0 Å². The summed E-state index contributed by atoms with van der Waals surface area (Å²) < 4.78 is 6.58. The largest absolute Gasteiger partial charge is 0.497 e. The predicted molar refractivity (Wildman–Crippen MR) is 122 cm³/mol. The van der Waals surface area contributed by atoms with E-state index in [2.05, 4.69) is 11.1 Å². The monoisotopic (exact) mass is 411 g/mol. The maximum absolute atomic E-state index is 11.2. The molecule has 0 aliphatic carbocycles. The first-order chi connectivity index (χ1) is 15.0. The van der Waals surface area contributed by atoms with Gasteiger partial charge < -0.3 is 9.64 Å². The number of methoxy groups -OCH3 is 1. The molecule has 4 rings (SSSR count). The summed E-state index contributed by atoms with van der Waals surface area (Å²) in [5, 5.41) is 16.7. The molecule has 0 atom stereocenters. The Labute approximate surface area is 179 Å². The number of aldehydes is 1. The molecular formula is C24H21N5O2. The summed E-state index contributed by atoms with van der Waals surface area (Å²) in [6.07, 6.45) is 1.78. The molecule has 7 nitrogen and oxygen atoms in total. The molecule has 31 heavy (non-hydrogen) atoms. The molecule has 0 radical (unpaired) electrons. The van der Waals surface area contributed by atoms with Gasteiger partial charge in [-0.25, -0.2) is 0 Å². The lowest BCUT2D eigenvalue weighted by Crippen LogP contribution is -2.26. The highest BCUT2D eigenvalue weighted by Gasteiger charge is 2.14. The van der Waals surface area contributed by atoms with Crippen molar-refractivity contribution in [2.75, 3.05) is 19.1 Å². The molecule has 0 saturated carbocycles. The summed E-state index contributed by atoms with van der Waals surface area (Å²) in [7, 11) is 3.53. The molecule has 0 amide bonds. The van der Waals surface area contributed by atoms with Crippen LogP contribution in [0, 0.1) is 10.8 Å². The Hall–Kier alpha value is -4.26. The highest BCUT2D eigenvalue weighted by molar-refractivity contribution is 5.97. The van der Waals surface area contributed by atoms with Crippen molar-refractivity contribution >= 4 is 35.0 Å². The second-order valence-corrected chi connectivity index (χ2v) is 6.99. The first kappa shape index (κ1) is 20.0. The third kappa shape index (κ3) is 3.69. The van der Waals surface area contributed by atoms with E-state index in [0.717, 1.165) is 40.6 Å². The van der Waals surface area contributed by atoms with Gasteiger partial charge in [0.2, 0.25) is 5.62 Å². The number of rotatable bonds is 6. The number of benzene rings is 3. The molecule has 7 heteroatoms. The number of hydrogen-bond donors (Lipinski definition) is 2. The Kier molecular flexibility index (Phi) is 5.32. The van der Waals surface area contributed by atoms with Gasteiger partial charge in [0.1, 0.15) is 17.9 Å². The Morgan fingerprint density at radius 2 is 1.81 bits per heavy atom. The molecule has 0 aliphatic rings. The van der Waals surface area contributed by atoms with Crippen LogP contribution in [0.5, 0.6) is 5.75 Å². The second kappa shape index (κ2) is 8.23. The summed E-state index contributed by atoms with van der Waals surface area (Å²) in [6, 6.07) is 21.1. The minimum atomic E-state index is -0.0845. The van der Waals surface area contributed by atoms with Crippen LogP contribution >= 0.6 is 0 Å². The number of anilines is 2. The van der Waals surface area contributed by atoms with Gasteiger partial charge in [0.05, 0.1) is 19.0 Å². The maximum Gasteiger partial charge on any atom is 0.229 e. The van der Waals surface area contributed by atoms with Crippen LogP contribution in [0.3, 0.4) is 0 Å². The zero-order chi connectivity index (χ0) is 22.0. The molecule has 0 saturated heterocycles. The second-order valence-electron chi connectivity index (χ2n) is 6.99. The Morgan fingerprint density at radius 3 is 2.48 bits per heavy atom. The highest BCUT2D eigenvalue weighted by Crippen LogP contribution is 2.31. The predicted octanol–water partition coefficient (Wildman–Crippen LogP) is 4.23. The van der Waals surface area contributed by atoms with Gasteiger partial charge in [-0.05, 0) is 47.5 Å². The minimum Gasteiger partial charge on any atom is -0.497 e. The molecule has 4 aromatic rings. The van der Waals surface area contributed by atoms with E-state index >= 15 is 0 Å². The van der Waals surface area contributed by atoms with Gasteiger partial charge in [-0.15, -0.1) is 0 Å². The summed E-state index contributed by atoms with van der Waals surface area (Å²) in [6.45, 7) is 0. The Balaban J connectivity index is 1.83. The van der Waals surface area contributed by atoms with Gasteiger partial charge in [-0.2, -0.15) is 4.98 Å². The van der Waals surface area contributed by atoms with Crippen LogP contribution in [0.4, 0.5) is 11.5 Å². The number of carbonyl (C=O) groups excluding carboxylic acids is 1. The standard InChI is InChI=1S/C24H21N5O2/c1-28(19-5-3-4-18(13-19)17-7-9-20(31-2)10-8-17)23-21-11-6-16(14-30)12-22(21)29(15-25)24(26)27-23/h3-15,25-26H,1-2H3. The number of nitrogens with one attached hydrogen (secondary N) is 2. The van der Waals surface area contributed by atoms with E-state index in [1.807, 2.05) is 54.4 Å². The lowest BCUT2D eigenvalue weighted by molar-refractivity contribution is 0.112. The van der Waals surface area contributed by atoms with Crippen LogP contribution in [-0.4, -0.2) is 36.3 Å². The third-order valence-corrected chi connectivity index (χ3v) is 5.20. The van der Waals surface area contributed by atoms with Crippen molar-refractivity contribution in [2.45, 2.75) is 0 Å². The van der Waals surface area contributed by atoms with Crippen LogP contribution < -0.4 is 15.3 Å². The average Bonchev–Trinajstić information content (AvgIpc) is 2.83. The number of ether oxygens (including phenoxy) is 1. The molecular weight excluding hydrogens is 390 g/mol. The molecule has 0 bridgehead atoms. The van der Waals surface area contributed by atoms with E-state index in [1.54, 1.807) is 25.3 Å². The van der Waals surface area contributed by atoms with Crippen molar-refractivity contribution in [3.05, 3.63) is 77.9 Å². The first-order valence-corrected chi connectivity index (χ1v) is 9.60. The minimum absolute atomic E-state index is 0.0845. The lowest BCUT2D eigenvalue weighted by Gasteiger charge is -2.22. The fraction of sp³-hybridized carbons (Fsp3) is 0.0833. The number of hydrogen-bond acceptors (Lipinski definition) is 6. The van der Waals surface area contributed by atoms with Gasteiger partial charge >= 0.3 is 0 Å². The van der Waals surface area contributed by atoms with Crippen molar-refractivity contribution in [1.29, 1.82) is 10.8 Å². The summed E-state index contributed by atoms with van der Waals surface area (Å²) in [5.41, 5.74) is 3.96. The van der Waals surface area contributed by atoms with Crippen molar-refractivity contribution in [1.82, 2.24) is 9.55 Å². The van der Waals surface area contributed by atoms with Gasteiger partial charge in [-0.1, -0.05) is 30.3 Å². The maximum atomic E-state index is 11.2. The quantitative estimate of drug-likeness (QED) is 0.282. The summed E-state index contributed by atoms with van der Waals surface area (Å²) in [4.78, 5) is 17.6. The van der Waals surface area contributed by atoms with Gasteiger partial charge in [0, 0.05) is 23.7 Å². The summed E-state index contributed by atoms with van der Waals surface area (Å²) in [5.74, 6) is 1.37. The molecule has 2 N–H and O–H groups in total. The normalized spacial score (nSPS) is 10.6. The Morgan fingerprint density at radius 1 is 1.03 bits per heavy atom.